The van der Waals surface area contributed by atoms with Crippen molar-refractivity contribution in [2.75, 3.05) is 13.1 Å². The molecule has 0 bridgehead atoms. The van der Waals surface area contributed by atoms with Gasteiger partial charge in [0.1, 0.15) is 30.0 Å². The van der Waals surface area contributed by atoms with E-state index in [9.17, 15) is 29.1 Å². The minimum Gasteiger partial charge on any atom is -0.376 e. The number of amides is 7. The third kappa shape index (κ3) is 12.5. The lowest BCUT2D eigenvalue weighted by Gasteiger charge is -2.37. The number of benzene rings is 2. The predicted octanol–water partition coefficient (Wildman–Crippen LogP) is 1.23. The third-order valence-electron chi connectivity index (χ3n) is 14.0. The lowest BCUT2D eigenvalue weighted by Crippen LogP contribution is -2.62. The Bertz CT molecular complexity index is 2720. The predicted molar refractivity (Wildman–Crippen MR) is 268 cm³/mol. The standard InChI is InChI=1S/C50H63N13O8S/c51-34-23-43(65)54-19-7-6-13-36(45(53)66)56-47(68)37(21-31-25-55-35-12-5-4-11-33(31)35)58-49(70)40-22-32(63-27-39(60-61-63)28-15-17-29(18-16-28)41-14-8-20-72-41)26-62(40)50(71)44(30-9-2-1-3-10-30)59-48(69)38(24-42(52)64)57-46(34)67/h4-5,8,11-12,14-18,20,25,27,30,32,34,36-38,40,44,48,55,59,69H,1-3,6-7,9-10,13,19,21-24,26,51H2,(H2,52,64)(H2,53,66)(H,54,65)(H,56,68)(H,57,67)(H,58,70)/t32-,34-,36-,37-,38?,40-,44-,48?/m0/s1. The Hall–Kier alpha value is -7.01. The summed E-state index contributed by atoms with van der Waals surface area (Å²) in [5.41, 5.74) is 21.5. The van der Waals surface area contributed by atoms with E-state index in [0.29, 0.717) is 36.9 Å². The first-order valence-electron chi connectivity index (χ1n) is 24.6. The van der Waals surface area contributed by atoms with Crippen LogP contribution in [0.4, 0.5) is 0 Å². The maximum atomic E-state index is 15.4. The number of H-pyrrole nitrogens is 1. The molecule has 72 heavy (non-hydrogen) atoms. The molecule has 382 valence electrons. The van der Waals surface area contributed by atoms with E-state index >= 15 is 9.59 Å². The SMILES string of the molecule is NC(=O)CC1NC(=O)[C@@H](N)CC(=O)NCCCC[C@@H](C(N)=O)NC(=O)[C@H](Cc2c[nH]c3ccccc23)NC(=O)[C@@H]2C[C@H](n3cc(-c4ccc(-c5cccs5)cc4)nn3)CN2C(=O)[C@H](C2CCCCC2)NC1O. The summed E-state index contributed by atoms with van der Waals surface area (Å²) in [6.07, 6.45) is 5.32. The first-order chi connectivity index (χ1) is 34.7. The number of carbonyl (C=O) groups excluding carboxylic acids is 7. The number of carbonyl (C=O) groups is 7. The monoisotopic (exact) mass is 1010 g/mol. The van der Waals surface area contributed by atoms with Gasteiger partial charge in [-0.1, -0.05) is 73.0 Å². The highest BCUT2D eigenvalue weighted by Gasteiger charge is 2.46. The number of nitrogens with one attached hydrogen (secondary N) is 6. The number of aromatic amines is 1. The van der Waals surface area contributed by atoms with Gasteiger partial charge in [0.25, 0.3) is 0 Å². The van der Waals surface area contributed by atoms with E-state index in [-0.39, 0.29) is 38.3 Å². The number of primary amides is 2. The number of rotatable bonds is 9. The molecule has 22 heteroatoms. The largest absolute Gasteiger partial charge is 0.376 e. The summed E-state index contributed by atoms with van der Waals surface area (Å²) in [5.74, 6) is -5.29. The lowest BCUT2D eigenvalue weighted by atomic mass is 9.83. The molecule has 2 aliphatic heterocycles. The number of thiophene rings is 1. The molecule has 0 spiro atoms. The maximum Gasteiger partial charge on any atom is 0.243 e. The van der Waals surface area contributed by atoms with Crippen molar-refractivity contribution in [3.63, 3.8) is 0 Å². The van der Waals surface area contributed by atoms with E-state index in [1.165, 1.54) is 4.90 Å². The van der Waals surface area contributed by atoms with Gasteiger partial charge in [-0.05, 0) is 66.7 Å². The molecule has 7 amide bonds. The average Bonchev–Trinajstić information content (AvgIpc) is 4.22. The summed E-state index contributed by atoms with van der Waals surface area (Å²) in [4.78, 5) is 102. The summed E-state index contributed by atoms with van der Waals surface area (Å²) < 4.78 is 1.62. The molecule has 3 aromatic heterocycles. The van der Waals surface area contributed by atoms with Crippen LogP contribution in [0.25, 0.3) is 32.6 Å². The van der Waals surface area contributed by atoms with Gasteiger partial charge in [0.05, 0.1) is 43.2 Å². The van der Waals surface area contributed by atoms with Crippen molar-refractivity contribution in [2.45, 2.75) is 126 Å². The van der Waals surface area contributed by atoms with Gasteiger partial charge in [0.2, 0.25) is 41.4 Å². The van der Waals surface area contributed by atoms with Crippen molar-refractivity contribution in [3.05, 3.63) is 84.0 Å². The molecule has 2 aromatic carbocycles. The van der Waals surface area contributed by atoms with Gasteiger partial charge in [-0.25, -0.2) is 4.68 Å². The molecule has 21 nitrogen and oxygen atoms in total. The Morgan fingerprint density at radius 1 is 0.833 bits per heavy atom. The van der Waals surface area contributed by atoms with Crippen LogP contribution in [0.3, 0.4) is 0 Å². The first-order valence-corrected chi connectivity index (χ1v) is 25.5. The van der Waals surface area contributed by atoms with E-state index in [4.69, 9.17) is 17.2 Å². The van der Waals surface area contributed by atoms with E-state index < -0.39 is 103 Å². The molecule has 0 radical (unpaired) electrons. The van der Waals surface area contributed by atoms with Gasteiger partial charge in [0.15, 0.2) is 0 Å². The minimum atomic E-state index is -1.72. The first kappa shape index (κ1) is 51.3. The number of para-hydroxylation sites is 1. The van der Waals surface area contributed by atoms with Crippen LogP contribution >= 0.6 is 11.3 Å². The number of hydrogen-bond acceptors (Lipinski definition) is 13. The van der Waals surface area contributed by atoms with Crippen molar-refractivity contribution >= 4 is 63.6 Å². The van der Waals surface area contributed by atoms with Crippen molar-refractivity contribution in [1.29, 1.82) is 0 Å². The van der Waals surface area contributed by atoms with Gasteiger partial charge in [-0.15, -0.1) is 16.4 Å². The number of aliphatic hydroxyl groups is 1. The van der Waals surface area contributed by atoms with Gasteiger partial charge in [0, 0.05) is 53.5 Å². The molecule has 13 N–H and O–H groups in total. The maximum absolute atomic E-state index is 15.4. The van der Waals surface area contributed by atoms with Gasteiger partial charge < -0.3 is 53.5 Å². The van der Waals surface area contributed by atoms with Crippen molar-refractivity contribution in [2.24, 2.45) is 23.1 Å². The molecular formula is C50H63N13O8S. The highest BCUT2D eigenvalue weighted by atomic mass is 32.1. The fourth-order valence-corrected chi connectivity index (χ4v) is 10.8. The Kier molecular flexibility index (Phi) is 16.7. The van der Waals surface area contributed by atoms with Crippen LogP contribution < -0.4 is 43.8 Å². The highest BCUT2D eigenvalue weighted by molar-refractivity contribution is 7.13. The van der Waals surface area contributed by atoms with Crippen LogP contribution in [-0.2, 0) is 40.0 Å². The zero-order valence-corrected chi connectivity index (χ0v) is 40.7. The number of fused-ring (bicyclic) bond motifs is 2. The molecule has 8 rings (SSSR count). The number of nitrogens with two attached hydrogens (primary N) is 3. The van der Waals surface area contributed by atoms with E-state index in [0.717, 1.165) is 46.2 Å². The number of aliphatic hydroxyl groups excluding tert-OH is 1. The molecule has 5 heterocycles. The Labute approximate surface area is 419 Å². The fraction of sp³-hybridized carbons (Fsp3) is 0.460. The minimum absolute atomic E-state index is 0.00550. The molecule has 8 atom stereocenters. The Morgan fingerprint density at radius 3 is 2.32 bits per heavy atom. The number of aromatic nitrogens is 4. The van der Waals surface area contributed by atoms with E-state index in [1.807, 2.05) is 66.0 Å². The molecular weight excluding hydrogens is 943 g/mol. The number of nitrogens with zero attached hydrogens (tertiary/aromatic N) is 4. The molecule has 5 aromatic rings. The third-order valence-corrected chi connectivity index (χ3v) is 14.9. The topological polar surface area (TPSA) is 328 Å². The summed E-state index contributed by atoms with van der Waals surface area (Å²) in [7, 11) is 0. The number of hydrogen-bond donors (Lipinski definition) is 10. The van der Waals surface area contributed by atoms with Crippen LogP contribution in [0.2, 0.25) is 0 Å². The van der Waals surface area contributed by atoms with E-state index in [1.54, 1.807) is 28.4 Å². The Morgan fingerprint density at radius 2 is 1.58 bits per heavy atom. The van der Waals surface area contributed by atoms with Crippen LogP contribution in [0.5, 0.6) is 0 Å². The second-order valence-corrected chi connectivity index (χ2v) is 20.0. The second-order valence-electron chi connectivity index (χ2n) is 19.1. The fourth-order valence-electron chi connectivity index (χ4n) is 10.1. The van der Waals surface area contributed by atoms with Crippen molar-refractivity contribution < 1.29 is 38.7 Å². The molecule has 1 saturated carbocycles. The second kappa shape index (κ2) is 23.5. The molecule has 3 aliphatic rings. The summed E-state index contributed by atoms with van der Waals surface area (Å²) in [6.45, 7) is 0.118. The summed E-state index contributed by atoms with van der Waals surface area (Å²) in [5, 5.41) is 37.6. The van der Waals surface area contributed by atoms with Crippen LogP contribution in [-0.4, -0.2) is 127 Å². The summed E-state index contributed by atoms with van der Waals surface area (Å²) >= 11 is 1.63. The average molecular weight is 1010 g/mol. The molecule has 1 aliphatic carbocycles. The van der Waals surface area contributed by atoms with E-state index in [2.05, 4.69) is 41.9 Å². The van der Waals surface area contributed by atoms with Crippen LogP contribution in [0.15, 0.2) is 78.4 Å². The Balaban J connectivity index is 1.15. The molecule has 2 unspecified atom stereocenters. The zero-order valence-electron chi connectivity index (χ0n) is 39.8. The van der Waals surface area contributed by atoms with Crippen LogP contribution in [0.1, 0.15) is 82.2 Å². The van der Waals surface area contributed by atoms with Crippen molar-refractivity contribution in [1.82, 2.24) is 51.5 Å². The van der Waals surface area contributed by atoms with Crippen molar-refractivity contribution in [3.8, 4) is 21.7 Å². The van der Waals surface area contributed by atoms with Gasteiger partial charge in [-0.3, -0.25) is 38.9 Å². The van der Waals surface area contributed by atoms with Gasteiger partial charge in [-0.2, -0.15) is 0 Å². The lowest BCUT2D eigenvalue weighted by molar-refractivity contribution is -0.143. The van der Waals surface area contributed by atoms with Crippen LogP contribution in [0, 0.1) is 5.92 Å². The molecule has 2 saturated heterocycles. The summed E-state index contributed by atoms with van der Waals surface area (Å²) in [6, 6.07) is 11.3. The smallest absolute Gasteiger partial charge is 0.243 e. The zero-order chi connectivity index (χ0) is 50.9. The molecule has 3 fully saturated rings. The quantitative estimate of drug-likeness (QED) is 0.0998. The highest BCUT2D eigenvalue weighted by Crippen LogP contribution is 2.34. The normalized spacial score (nSPS) is 26.0. The van der Waals surface area contributed by atoms with Gasteiger partial charge >= 0.3 is 0 Å².